The van der Waals surface area contributed by atoms with Crippen LogP contribution in [0.4, 0.5) is 13.2 Å². The van der Waals surface area contributed by atoms with Crippen LogP contribution in [0.2, 0.25) is 5.02 Å². The summed E-state index contributed by atoms with van der Waals surface area (Å²) in [6, 6.07) is 9.59. The number of methoxy groups -OCH3 is 1. The summed E-state index contributed by atoms with van der Waals surface area (Å²) in [6.45, 7) is 0.754. The molecule has 1 N–H and O–H groups in total. The lowest BCUT2D eigenvalue weighted by molar-refractivity contribution is -0.143. The first-order chi connectivity index (χ1) is 13.7. The Morgan fingerprint density at radius 3 is 2.62 bits per heavy atom. The molecule has 0 aromatic heterocycles. The highest BCUT2D eigenvalue weighted by Crippen LogP contribution is 2.42. The number of carboxylic acids is 1. The Kier molecular flexibility index (Phi) is 6.39. The molecule has 0 saturated carbocycles. The van der Waals surface area contributed by atoms with Crippen LogP contribution in [0.3, 0.4) is 0 Å². The number of hydrogen-bond acceptors (Lipinski definition) is 3. The third kappa shape index (κ3) is 4.67. The van der Waals surface area contributed by atoms with Crippen LogP contribution in [0.5, 0.6) is 5.75 Å². The van der Waals surface area contributed by atoms with Crippen molar-refractivity contribution in [1.29, 1.82) is 0 Å². The number of aliphatic carboxylic acids is 1. The summed E-state index contributed by atoms with van der Waals surface area (Å²) >= 11 is 6.35. The van der Waals surface area contributed by atoms with E-state index in [1.807, 2.05) is 4.90 Å². The smallest absolute Gasteiger partial charge is 0.416 e. The van der Waals surface area contributed by atoms with Gasteiger partial charge in [-0.2, -0.15) is 13.2 Å². The Balaban J connectivity index is 2.15. The van der Waals surface area contributed by atoms with Crippen LogP contribution in [-0.4, -0.2) is 36.2 Å². The average Bonchev–Trinajstić information content (AvgIpc) is 2.69. The van der Waals surface area contributed by atoms with Gasteiger partial charge in [-0.25, -0.2) is 0 Å². The second kappa shape index (κ2) is 8.63. The molecule has 2 aromatic rings. The number of nitrogens with zero attached hydrogens (tertiary/aromatic N) is 1. The van der Waals surface area contributed by atoms with E-state index < -0.39 is 29.7 Å². The van der Waals surface area contributed by atoms with E-state index in [9.17, 15) is 23.1 Å². The number of halogens is 4. The third-order valence-electron chi connectivity index (χ3n) is 5.22. The lowest BCUT2D eigenvalue weighted by Crippen LogP contribution is -2.41. The number of piperidine rings is 1. The average molecular weight is 428 g/mol. The number of ether oxygens (including phenoxy) is 1. The van der Waals surface area contributed by atoms with Crippen molar-refractivity contribution in [3.63, 3.8) is 0 Å². The molecule has 2 aromatic carbocycles. The van der Waals surface area contributed by atoms with Crippen LogP contribution in [0.25, 0.3) is 0 Å². The van der Waals surface area contributed by atoms with Crippen molar-refractivity contribution in [3.8, 4) is 5.75 Å². The molecule has 29 heavy (non-hydrogen) atoms. The van der Waals surface area contributed by atoms with Gasteiger partial charge in [0, 0.05) is 17.1 Å². The van der Waals surface area contributed by atoms with Crippen molar-refractivity contribution in [1.82, 2.24) is 4.90 Å². The summed E-state index contributed by atoms with van der Waals surface area (Å²) in [7, 11) is 1.49. The van der Waals surface area contributed by atoms with Crippen molar-refractivity contribution in [2.24, 2.45) is 5.92 Å². The number of carboxylic acid groups (broad SMARTS) is 1. The number of likely N-dealkylation sites (tertiary alicyclic amines) is 1. The molecule has 0 spiro atoms. The normalized spacial score (nSPS) is 19.0. The topological polar surface area (TPSA) is 49.8 Å². The van der Waals surface area contributed by atoms with E-state index in [0.29, 0.717) is 30.7 Å². The number of alkyl halides is 3. The van der Waals surface area contributed by atoms with Gasteiger partial charge in [-0.05, 0) is 49.2 Å². The summed E-state index contributed by atoms with van der Waals surface area (Å²) in [5.74, 6) is -1.00. The molecule has 0 amide bonds. The lowest BCUT2D eigenvalue weighted by atomic mass is 9.90. The molecular formula is C21H21ClF3NO3. The van der Waals surface area contributed by atoms with Gasteiger partial charge in [0.1, 0.15) is 5.75 Å². The minimum absolute atomic E-state index is 0.186. The fourth-order valence-corrected chi connectivity index (χ4v) is 4.05. The van der Waals surface area contributed by atoms with Crippen molar-refractivity contribution in [2.75, 3.05) is 20.2 Å². The predicted octanol–water partition coefficient (Wildman–Crippen LogP) is 5.25. The number of benzene rings is 2. The van der Waals surface area contributed by atoms with Crippen LogP contribution in [0.1, 0.15) is 35.6 Å². The molecule has 1 aliphatic rings. The zero-order chi connectivity index (χ0) is 21.2. The van der Waals surface area contributed by atoms with Crippen LogP contribution in [-0.2, 0) is 11.0 Å². The van der Waals surface area contributed by atoms with Gasteiger partial charge in [0.2, 0.25) is 0 Å². The van der Waals surface area contributed by atoms with Crippen molar-refractivity contribution < 1.29 is 27.8 Å². The monoisotopic (exact) mass is 427 g/mol. The zero-order valence-electron chi connectivity index (χ0n) is 15.7. The van der Waals surface area contributed by atoms with Crippen LogP contribution in [0.15, 0.2) is 42.5 Å². The maximum atomic E-state index is 13.4. The molecule has 1 aliphatic heterocycles. The van der Waals surface area contributed by atoms with Gasteiger partial charge in [-0.3, -0.25) is 9.69 Å². The molecular weight excluding hydrogens is 407 g/mol. The highest BCUT2D eigenvalue weighted by Gasteiger charge is 2.36. The minimum Gasteiger partial charge on any atom is -0.496 e. The highest BCUT2D eigenvalue weighted by molar-refractivity contribution is 6.31. The first kappa shape index (κ1) is 21.5. The summed E-state index contributed by atoms with van der Waals surface area (Å²) in [4.78, 5) is 13.4. The van der Waals surface area contributed by atoms with Crippen molar-refractivity contribution in [2.45, 2.75) is 25.1 Å². The Hall–Kier alpha value is -2.25. The highest BCUT2D eigenvalue weighted by atomic mass is 35.5. The molecule has 0 radical (unpaired) electrons. The van der Waals surface area contributed by atoms with Gasteiger partial charge in [0.15, 0.2) is 0 Å². The molecule has 0 bridgehead atoms. The predicted molar refractivity (Wildman–Crippen MR) is 103 cm³/mol. The lowest BCUT2D eigenvalue weighted by Gasteiger charge is -2.38. The molecule has 3 rings (SSSR count). The molecule has 1 heterocycles. The Bertz CT molecular complexity index is 888. The first-order valence-corrected chi connectivity index (χ1v) is 9.56. The minimum atomic E-state index is -4.52. The van der Waals surface area contributed by atoms with Crippen molar-refractivity contribution in [3.05, 3.63) is 64.2 Å². The quantitative estimate of drug-likeness (QED) is 0.707. The van der Waals surface area contributed by atoms with E-state index in [1.54, 1.807) is 24.3 Å². The molecule has 0 aliphatic carbocycles. The molecule has 4 nitrogen and oxygen atoms in total. The van der Waals surface area contributed by atoms with Gasteiger partial charge in [-0.1, -0.05) is 29.8 Å². The maximum absolute atomic E-state index is 13.4. The van der Waals surface area contributed by atoms with E-state index in [0.717, 1.165) is 12.1 Å². The molecule has 1 saturated heterocycles. The largest absolute Gasteiger partial charge is 0.496 e. The summed E-state index contributed by atoms with van der Waals surface area (Å²) < 4.78 is 45.5. The fraction of sp³-hybridized carbons (Fsp3) is 0.381. The molecule has 2 unspecified atom stereocenters. The molecule has 8 heteroatoms. The Labute approximate surface area is 171 Å². The molecule has 1 fully saturated rings. The zero-order valence-corrected chi connectivity index (χ0v) is 16.5. The second-order valence-electron chi connectivity index (χ2n) is 7.05. The number of hydrogen-bond donors (Lipinski definition) is 1. The number of carbonyl (C=O) groups is 1. The standard InChI is InChI=1S/C21H21ClF3NO3/c1-29-18-7-3-2-6-15(18)19(26-10-4-5-13(12-26)20(27)28)16-11-14(21(23,24)25)8-9-17(16)22/h2-3,6-9,11,13,19H,4-5,10,12H2,1H3,(H,27,28). The Morgan fingerprint density at radius 2 is 1.97 bits per heavy atom. The Morgan fingerprint density at radius 1 is 1.24 bits per heavy atom. The molecule has 156 valence electrons. The number of para-hydroxylation sites is 1. The summed E-state index contributed by atoms with van der Waals surface area (Å²) in [5, 5.41) is 9.65. The van der Waals surface area contributed by atoms with Crippen LogP contribution >= 0.6 is 11.6 Å². The van der Waals surface area contributed by atoms with E-state index in [-0.39, 0.29) is 17.1 Å². The SMILES string of the molecule is COc1ccccc1C(c1cc(C(F)(F)F)ccc1Cl)N1CCCC(C(=O)O)C1. The van der Waals surface area contributed by atoms with Gasteiger partial charge < -0.3 is 9.84 Å². The molecule has 2 atom stereocenters. The summed E-state index contributed by atoms with van der Waals surface area (Å²) in [5.41, 5.74) is 0.114. The van der Waals surface area contributed by atoms with Crippen LogP contribution in [0, 0.1) is 5.92 Å². The number of rotatable bonds is 5. The third-order valence-corrected chi connectivity index (χ3v) is 5.56. The van der Waals surface area contributed by atoms with Gasteiger partial charge in [0.05, 0.1) is 24.6 Å². The van der Waals surface area contributed by atoms with E-state index >= 15 is 0 Å². The van der Waals surface area contributed by atoms with E-state index in [2.05, 4.69) is 0 Å². The van der Waals surface area contributed by atoms with Crippen molar-refractivity contribution >= 4 is 17.6 Å². The maximum Gasteiger partial charge on any atom is 0.416 e. The first-order valence-electron chi connectivity index (χ1n) is 9.18. The van der Waals surface area contributed by atoms with E-state index in [1.165, 1.54) is 13.2 Å². The van der Waals surface area contributed by atoms with E-state index in [4.69, 9.17) is 16.3 Å². The van der Waals surface area contributed by atoms with Gasteiger partial charge in [0.25, 0.3) is 0 Å². The van der Waals surface area contributed by atoms with Gasteiger partial charge >= 0.3 is 12.1 Å². The van der Waals surface area contributed by atoms with Crippen LogP contribution < -0.4 is 4.74 Å². The second-order valence-corrected chi connectivity index (χ2v) is 7.46. The fourth-order valence-electron chi connectivity index (χ4n) is 3.83. The summed E-state index contributed by atoms with van der Waals surface area (Å²) in [6.07, 6.45) is -3.36. The van der Waals surface area contributed by atoms with Gasteiger partial charge in [-0.15, -0.1) is 0 Å².